The fourth-order valence-electron chi connectivity index (χ4n) is 4.79. The van der Waals surface area contributed by atoms with E-state index >= 15 is 0 Å². The lowest BCUT2D eigenvalue weighted by Gasteiger charge is -2.13. The molecule has 2 fully saturated rings. The molecule has 2 unspecified atom stereocenters. The van der Waals surface area contributed by atoms with E-state index in [4.69, 9.17) is 39.5 Å². The van der Waals surface area contributed by atoms with Crippen LogP contribution in [0.3, 0.4) is 0 Å². The first kappa shape index (κ1) is 32.9. The molecule has 1 aliphatic heterocycles. The highest BCUT2D eigenvalue weighted by atomic mass is 35.5. The van der Waals surface area contributed by atoms with E-state index in [1.807, 2.05) is 0 Å². The van der Waals surface area contributed by atoms with Crippen LogP contribution in [-0.4, -0.2) is 40.7 Å². The second kappa shape index (κ2) is 12.0. The number of benzene rings is 3. The minimum Gasteiger partial charge on any atom is -0.375 e. The molecule has 1 heterocycles. The van der Waals surface area contributed by atoms with Crippen LogP contribution in [0.4, 0.5) is 43.4 Å². The molecule has 0 spiro atoms. The van der Waals surface area contributed by atoms with Gasteiger partial charge < -0.3 is 20.7 Å². The van der Waals surface area contributed by atoms with Crippen LogP contribution >= 0.6 is 34.8 Å². The monoisotopic (exact) mass is 693 g/mol. The van der Waals surface area contributed by atoms with Gasteiger partial charge in [0.15, 0.2) is 17.7 Å². The van der Waals surface area contributed by atoms with Crippen LogP contribution in [-0.2, 0) is 20.5 Å². The second-order valence-electron chi connectivity index (χ2n) is 10.4. The Morgan fingerprint density at radius 2 is 1.60 bits per heavy atom. The van der Waals surface area contributed by atoms with Crippen LogP contribution in [0.2, 0.25) is 5.02 Å². The zero-order valence-corrected chi connectivity index (χ0v) is 24.9. The molecule has 5 rings (SSSR count). The molecule has 2 aliphatic rings. The highest BCUT2D eigenvalue weighted by Crippen LogP contribution is 2.65. The van der Waals surface area contributed by atoms with Crippen molar-refractivity contribution < 1.29 is 45.5 Å². The van der Waals surface area contributed by atoms with Gasteiger partial charge in [0.05, 0.1) is 34.8 Å². The summed E-state index contributed by atoms with van der Waals surface area (Å²) in [6.07, 6.45) is -6.21. The van der Waals surface area contributed by atoms with Crippen molar-refractivity contribution in [2.75, 3.05) is 22.5 Å². The van der Waals surface area contributed by atoms with Gasteiger partial charge in [0, 0.05) is 17.2 Å². The van der Waals surface area contributed by atoms with E-state index in [0.717, 1.165) is 18.2 Å². The Hall–Kier alpha value is -3.52. The third-order valence-corrected chi connectivity index (χ3v) is 8.54. The minimum atomic E-state index is -4.99. The number of Topliss-reactive ketones (excluding diaryl/α,β-unsaturated/α-hetero) is 1. The SMILES string of the molecule is CC1OC1C(=O)Nc1c(F)ccc(NCC(=O)c2cc(NC(=O)[C@H]3[C@H](c4ccc(F)c(C(F)(F)F)c4)C3(Cl)Cl)ccc2Cl)c1F. The van der Waals surface area contributed by atoms with Gasteiger partial charge in [-0.05, 0) is 55.0 Å². The molecule has 2 amide bonds. The first-order valence-corrected chi connectivity index (χ1v) is 14.2. The predicted molar refractivity (Wildman–Crippen MR) is 154 cm³/mol. The zero-order chi connectivity index (χ0) is 33.0. The maximum absolute atomic E-state index is 15.0. The molecule has 0 aromatic heterocycles. The molecular weight excluding hydrogens is 675 g/mol. The van der Waals surface area contributed by atoms with Gasteiger partial charge in [-0.2, -0.15) is 13.2 Å². The summed E-state index contributed by atoms with van der Waals surface area (Å²) in [6, 6.07) is 7.95. The second-order valence-corrected chi connectivity index (χ2v) is 12.2. The van der Waals surface area contributed by atoms with Gasteiger partial charge in [-0.15, -0.1) is 23.2 Å². The van der Waals surface area contributed by atoms with Crippen LogP contribution in [0.25, 0.3) is 0 Å². The first-order chi connectivity index (χ1) is 21.0. The number of anilines is 3. The average molecular weight is 695 g/mol. The maximum Gasteiger partial charge on any atom is 0.419 e. The van der Waals surface area contributed by atoms with Crippen LogP contribution in [0.1, 0.15) is 34.3 Å². The number of ether oxygens (including phenoxy) is 1. The molecule has 0 bridgehead atoms. The lowest BCUT2D eigenvalue weighted by molar-refractivity contribution is -0.140. The zero-order valence-electron chi connectivity index (χ0n) is 22.7. The number of rotatable bonds is 9. The Morgan fingerprint density at radius 1 is 0.933 bits per heavy atom. The third kappa shape index (κ3) is 6.71. The Morgan fingerprint density at radius 3 is 2.24 bits per heavy atom. The highest BCUT2D eigenvalue weighted by Gasteiger charge is 2.67. The van der Waals surface area contributed by atoms with Crippen molar-refractivity contribution in [3.63, 3.8) is 0 Å². The van der Waals surface area contributed by atoms with Crippen LogP contribution in [0.5, 0.6) is 0 Å². The fourth-order valence-corrected chi connectivity index (χ4v) is 5.84. The molecule has 1 saturated heterocycles. The number of hydrogen-bond acceptors (Lipinski definition) is 5. The molecular formula is C29H20Cl3F6N3O4. The van der Waals surface area contributed by atoms with Crippen molar-refractivity contribution in [3.8, 4) is 0 Å². The van der Waals surface area contributed by atoms with Crippen molar-refractivity contribution in [1.82, 2.24) is 0 Å². The third-order valence-electron chi connectivity index (χ3n) is 7.27. The quantitative estimate of drug-likeness (QED) is 0.0944. The van der Waals surface area contributed by atoms with Gasteiger partial charge in [0.2, 0.25) is 5.91 Å². The van der Waals surface area contributed by atoms with Crippen LogP contribution in [0.15, 0.2) is 48.5 Å². The van der Waals surface area contributed by atoms with Crippen molar-refractivity contribution in [2.45, 2.75) is 35.6 Å². The summed E-state index contributed by atoms with van der Waals surface area (Å²) >= 11 is 18.6. The summed E-state index contributed by atoms with van der Waals surface area (Å²) in [7, 11) is 0. The number of hydrogen-bond donors (Lipinski definition) is 3. The molecule has 45 heavy (non-hydrogen) atoms. The first-order valence-electron chi connectivity index (χ1n) is 13.1. The number of halogens is 9. The number of epoxide rings is 1. The molecule has 7 nitrogen and oxygen atoms in total. The molecule has 3 aromatic carbocycles. The number of carbonyl (C=O) groups is 3. The smallest absolute Gasteiger partial charge is 0.375 e. The number of nitrogens with one attached hydrogen (secondary N) is 3. The number of carbonyl (C=O) groups excluding carboxylic acids is 3. The molecule has 3 aromatic rings. The van der Waals surface area contributed by atoms with Crippen LogP contribution < -0.4 is 16.0 Å². The summed E-state index contributed by atoms with van der Waals surface area (Å²) in [5.74, 6) is -8.24. The number of amides is 2. The average Bonchev–Trinajstić information content (AvgIpc) is 3.84. The summed E-state index contributed by atoms with van der Waals surface area (Å²) in [5, 5.41) is 7.08. The Kier molecular flexibility index (Phi) is 8.77. The van der Waals surface area contributed by atoms with Gasteiger partial charge >= 0.3 is 6.18 Å². The van der Waals surface area contributed by atoms with Gasteiger partial charge in [-0.3, -0.25) is 14.4 Å². The summed E-state index contributed by atoms with van der Waals surface area (Å²) in [4.78, 5) is 38.1. The Balaban J connectivity index is 1.26. The fraction of sp³-hybridized carbons (Fsp3) is 0.276. The molecule has 238 valence electrons. The predicted octanol–water partition coefficient (Wildman–Crippen LogP) is 7.32. The number of alkyl halides is 5. The van der Waals surface area contributed by atoms with E-state index in [-0.39, 0.29) is 33.6 Å². The maximum atomic E-state index is 15.0. The standard InChI is InChI=1S/C29H20Cl3F6N3O4/c1-11-25(45-11)27(44)41-24-18(34)6-7-19(23(24)35)39-10-20(42)14-9-13(3-4-16(14)30)40-26(43)22-21(28(22,31)32)12-2-5-17(33)15(8-12)29(36,37)38/h2-9,11,21-22,25,39H,10H2,1H3,(H,40,43)(H,41,44)/t11?,21-,22+,25?/m0/s1. The van der Waals surface area contributed by atoms with E-state index in [1.165, 1.54) is 18.2 Å². The van der Waals surface area contributed by atoms with Crippen molar-refractivity contribution in [3.05, 3.63) is 87.7 Å². The van der Waals surface area contributed by atoms with Gasteiger partial charge in [-0.1, -0.05) is 17.7 Å². The van der Waals surface area contributed by atoms with Crippen molar-refractivity contribution in [1.29, 1.82) is 0 Å². The summed E-state index contributed by atoms with van der Waals surface area (Å²) in [5.41, 5.74) is -2.73. The molecule has 16 heteroatoms. The number of ketones is 1. The normalized spacial score (nSPS) is 21.6. The Labute approximate surface area is 266 Å². The molecule has 4 atom stereocenters. The van der Waals surface area contributed by atoms with E-state index in [0.29, 0.717) is 12.1 Å². The van der Waals surface area contributed by atoms with Crippen molar-refractivity contribution in [2.24, 2.45) is 5.92 Å². The topological polar surface area (TPSA) is 99.8 Å². The summed E-state index contributed by atoms with van der Waals surface area (Å²) in [6.45, 7) is 1.07. The van der Waals surface area contributed by atoms with E-state index in [9.17, 15) is 40.7 Å². The minimum absolute atomic E-state index is 0.0368. The van der Waals surface area contributed by atoms with E-state index < -0.39 is 81.3 Å². The highest BCUT2D eigenvalue weighted by molar-refractivity contribution is 6.53. The van der Waals surface area contributed by atoms with E-state index in [1.54, 1.807) is 6.92 Å². The molecule has 1 aliphatic carbocycles. The molecule has 3 N–H and O–H groups in total. The van der Waals surface area contributed by atoms with Crippen LogP contribution in [0, 0.1) is 23.4 Å². The van der Waals surface area contributed by atoms with Crippen molar-refractivity contribution >= 4 is 69.5 Å². The summed E-state index contributed by atoms with van der Waals surface area (Å²) < 4.78 is 85.7. The molecule has 1 saturated carbocycles. The van der Waals surface area contributed by atoms with Gasteiger partial charge in [0.25, 0.3) is 5.91 Å². The largest absolute Gasteiger partial charge is 0.419 e. The molecule has 0 radical (unpaired) electrons. The lowest BCUT2D eigenvalue weighted by atomic mass is 10.0. The van der Waals surface area contributed by atoms with E-state index in [2.05, 4.69) is 16.0 Å². The lowest BCUT2D eigenvalue weighted by Crippen LogP contribution is -2.22. The van der Waals surface area contributed by atoms with Gasteiger partial charge in [-0.25, -0.2) is 13.2 Å². The van der Waals surface area contributed by atoms with Gasteiger partial charge in [0.1, 0.15) is 21.7 Å². The Bertz CT molecular complexity index is 1720.